The van der Waals surface area contributed by atoms with E-state index in [1.165, 1.54) is 13.0 Å². The lowest BCUT2D eigenvalue weighted by Crippen LogP contribution is -2.49. The Morgan fingerprint density at radius 2 is 1.65 bits per heavy atom. The Labute approximate surface area is 132 Å². The molecule has 128 valence electrons. The molecular weight excluding hydrogens is 312 g/mol. The monoisotopic (exact) mass is 330 g/mol. The molecule has 0 aliphatic carbocycles. The Morgan fingerprint density at radius 1 is 1.04 bits per heavy atom. The van der Waals surface area contributed by atoms with Crippen molar-refractivity contribution in [2.24, 2.45) is 0 Å². The number of carbonyl (C=O) groups excluding carboxylic acids is 4. The zero-order valence-corrected chi connectivity index (χ0v) is 13.2. The highest BCUT2D eigenvalue weighted by atomic mass is 16.6. The third-order valence-electron chi connectivity index (χ3n) is 2.73. The third-order valence-corrected chi connectivity index (χ3v) is 2.73. The van der Waals surface area contributed by atoms with Crippen molar-refractivity contribution < 1.29 is 42.9 Å². The molecular formula is C14H18O9. The maximum atomic E-state index is 11.6. The molecule has 0 saturated carbocycles. The lowest BCUT2D eigenvalue weighted by atomic mass is 10.0. The van der Waals surface area contributed by atoms with Crippen molar-refractivity contribution >= 4 is 23.9 Å². The van der Waals surface area contributed by atoms with Crippen molar-refractivity contribution in [2.75, 3.05) is 13.7 Å². The Morgan fingerprint density at radius 3 is 2.13 bits per heavy atom. The molecule has 0 aromatic carbocycles. The Kier molecular flexibility index (Phi) is 6.55. The quantitative estimate of drug-likeness (QED) is 0.502. The van der Waals surface area contributed by atoms with E-state index in [9.17, 15) is 19.2 Å². The predicted molar refractivity (Wildman–Crippen MR) is 72.7 cm³/mol. The van der Waals surface area contributed by atoms with Gasteiger partial charge in [-0.2, -0.15) is 0 Å². The summed E-state index contributed by atoms with van der Waals surface area (Å²) in [5, 5.41) is 0. The number of methoxy groups -OCH3 is 1. The predicted octanol–water partition coefficient (Wildman–Crippen LogP) is -0.131. The zero-order valence-electron chi connectivity index (χ0n) is 13.2. The second kappa shape index (κ2) is 8.16. The van der Waals surface area contributed by atoms with Crippen LogP contribution >= 0.6 is 0 Å². The average molecular weight is 330 g/mol. The maximum Gasteiger partial charge on any atom is 0.373 e. The van der Waals surface area contributed by atoms with E-state index in [1.807, 2.05) is 0 Å². The summed E-state index contributed by atoms with van der Waals surface area (Å²) < 4.78 is 24.9. The first kappa shape index (κ1) is 18.5. The molecule has 0 unspecified atom stereocenters. The summed E-state index contributed by atoms with van der Waals surface area (Å²) in [5.74, 6) is -2.94. The van der Waals surface area contributed by atoms with Gasteiger partial charge in [0, 0.05) is 26.8 Å². The molecule has 0 bridgehead atoms. The fourth-order valence-corrected chi connectivity index (χ4v) is 1.90. The molecule has 0 aromatic heterocycles. The molecule has 9 heteroatoms. The van der Waals surface area contributed by atoms with Gasteiger partial charge < -0.3 is 23.7 Å². The van der Waals surface area contributed by atoms with Gasteiger partial charge in [0.1, 0.15) is 6.61 Å². The standard InChI is InChI=1S/C14H18O9/c1-7(15)20-6-12-13(22-9(3)17)10(21-8(2)16)5-11(23-12)14(18)19-4/h5,10,12-13H,6H2,1-4H3/t10-,12-,13-/m1/s1. The molecule has 0 radical (unpaired) electrons. The molecule has 1 rings (SSSR count). The van der Waals surface area contributed by atoms with Crippen LogP contribution in [-0.2, 0) is 42.9 Å². The molecule has 0 N–H and O–H groups in total. The van der Waals surface area contributed by atoms with Crippen LogP contribution in [0.3, 0.4) is 0 Å². The van der Waals surface area contributed by atoms with Gasteiger partial charge in [0.15, 0.2) is 18.3 Å². The van der Waals surface area contributed by atoms with Crippen LogP contribution in [0.15, 0.2) is 11.8 Å². The summed E-state index contributed by atoms with van der Waals surface area (Å²) >= 11 is 0. The zero-order chi connectivity index (χ0) is 17.6. The highest BCUT2D eigenvalue weighted by Gasteiger charge is 2.42. The number of hydrogen-bond donors (Lipinski definition) is 0. The molecule has 3 atom stereocenters. The van der Waals surface area contributed by atoms with Gasteiger partial charge in [-0.25, -0.2) is 4.79 Å². The van der Waals surface area contributed by atoms with Gasteiger partial charge in [0.25, 0.3) is 0 Å². The summed E-state index contributed by atoms with van der Waals surface area (Å²) in [5.41, 5.74) is 0. The summed E-state index contributed by atoms with van der Waals surface area (Å²) in [7, 11) is 1.15. The highest BCUT2D eigenvalue weighted by molar-refractivity contribution is 5.86. The number of esters is 4. The van der Waals surface area contributed by atoms with E-state index in [1.54, 1.807) is 0 Å². The molecule has 1 heterocycles. The first-order valence-corrected chi connectivity index (χ1v) is 6.69. The average Bonchev–Trinajstić information content (AvgIpc) is 2.45. The Balaban J connectivity index is 3.10. The van der Waals surface area contributed by atoms with Gasteiger partial charge >= 0.3 is 23.9 Å². The second-order valence-corrected chi connectivity index (χ2v) is 4.63. The van der Waals surface area contributed by atoms with Crippen molar-refractivity contribution in [3.05, 3.63) is 11.8 Å². The van der Waals surface area contributed by atoms with Gasteiger partial charge in [0.2, 0.25) is 5.76 Å². The summed E-state index contributed by atoms with van der Waals surface area (Å²) in [4.78, 5) is 45.1. The molecule has 9 nitrogen and oxygen atoms in total. The number of rotatable bonds is 5. The van der Waals surface area contributed by atoms with Crippen LogP contribution in [0.1, 0.15) is 20.8 Å². The van der Waals surface area contributed by atoms with Crippen molar-refractivity contribution in [3.63, 3.8) is 0 Å². The molecule has 0 amide bonds. The van der Waals surface area contributed by atoms with E-state index in [4.69, 9.17) is 18.9 Å². The maximum absolute atomic E-state index is 11.6. The fourth-order valence-electron chi connectivity index (χ4n) is 1.90. The van der Waals surface area contributed by atoms with Crippen LogP contribution in [0.5, 0.6) is 0 Å². The molecule has 0 aromatic rings. The molecule has 0 spiro atoms. The van der Waals surface area contributed by atoms with E-state index in [2.05, 4.69) is 4.74 Å². The minimum atomic E-state index is -1.08. The Bertz CT molecular complexity index is 522. The van der Waals surface area contributed by atoms with Crippen molar-refractivity contribution in [3.8, 4) is 0 Å². The number of ether oxygens (including phenoxy) is 5. The van der Waals surface area contributed by atoms with Crippen LogP contribution in [-0.4, -0.2) is 55.9 Å². The van der Waals surface area contributed by atoms with Crippen LogP contribution in [0.25, 0.3) is 0 Å². The van der Waals surface area contributed by atoms with Crippen molar-refractivity contribution in [2.45, 2.75) is 39.1 Å². The summed E-state index contributed by atoms with van der Waals surface area (Å²) in [6.45, 7) is 3.20. The van der Waals surface area contributed by atoms with E-state index in [-0.39, 0.29) is 12.4 Å². The van der Waals surface area contributed by atoms with Crippen LogP contribution in [0.2, 0.25) is 0 Å². The normalized spacial score (nSPS) is 23.0. The van der Waals surface area contributed by atoms with Crippen LogP contribution in [0.4, 0.5) is 0 Å². The lowest BCUT2D eigenvalue weighted by molar-refractivity contribution is -0.183. The van der Waals surface area contributed by atoms with Crippen LogP contribution in [0, 0.1) is 0 Å². The fraction of sp³-hybridized carbons (Fsp3) is 0.571. The molecule has 1 aliphatic rings. The van der Waals surface area contributed by atoms with Gasteiger partial charge in [-0.15, -0.1) is 0 Å². The van der Waals surface area contributed by atoms with E-state index < -0.39 is 42.2 Å². The van der Waals surface area contributed by atoms with Crippen molar-refractivity contribution in [1.82, 2.24) is 0 Å². The van der Waals surface area contributed by atoms with Crippen LogP contribution < -0.4 is 0 Å². The summed E-state index contributed by atoms with van der Waals surface area (Å²) in [6, 6.07) is 0. The lowest BCUT2D eigenvalue weighted by Gasteiger charge is -2.34. The molecule has 1 aliphatic heterocycles. The SMILES string of the molecule is COC(=O)C1=C[C@@H](OC(C)=O)[C@@H](OC(C)=O)[C@@H](COC(C)=O)O1. The van der Waals surface area contributed by atoms with Gasteiger partial charge in [-0.1, -0.05) is 0 Å². The molecule has 0 saturated heterocycles. The van der Waals surface area contributed by atoms with E-state index in [0.717, 1.165) is 21.0 Å². The molecule has 0 fully saturated rings. The minimum absolute atomic E-state index is 0.237. The largest absolute Gasteiger partial charge is 0.476 e. The van der Waals surface area contributed by atoms with Crippen molar-refractivity contribution in [1.29, 1.82) is 0 Å². The van der Waals surface area contributed by atoms with Gasteiger partial charge in [-0.05, 0) is 0 Å². The minimum Gasteiger partial charge on any atom is -0.476 e. The smallest absolute Gasteiger partial charge is 0.373 e. The first-order valence-electron chi connectivity index (χ1n) is 6.69. The topological polar surface area (TPSA) is 114 Å². The number of carbonyl (C=O) groups is 4. The highest BCUT2D eigenvalue weighted by Crippen LogP contribution is 2.24. The van der Waals surface area contributed by atoms with Gasteiger partial charge in [-0.3, -0.25) is 14.4 Å². The van der Waals surface area contributed by atoms with Gasteiger partial charge in [0.05, 0.1) is 7.11 Å². The second-order valence-electron chi connectivity index (χ2n) is 4.63. The van der Waals surface area contributed by atoms with E-state index >= 15 is 0 Å². The molecule has 23 heavy (non-hydrogen) atoms. The first-order chi connectivity index (χ1) is 10.7. The third kappa shape index (κ3) is 5.61. The number of hydrogen-bond acceptors (Lipinski definition) is 9. The Hall–Kier alpha value is -2.58. The van der Waals surface area contributed by atoms with E-state index in [0.29, 0.717) is 0 Å². The summed E-state index contributed by atoms with van der Waals surface area (Å²) in [6.07, 6.45) is -2.03.